The van der Waals surface area contributed by atoms with Gasteiger partial charge in [0.25, 0.3) is 0 Å². The molecule has 10 heavy (non-hydrogen) atoms. The minimum absolute atomic E-state index is 0.213. The molecule has 0 radical (unpaired) electrons. The Labute approximate surface area is 71.0 Å². The highest BCUT2D eigenvalue weighted by molar-refractivity contribution is 9.09. The molecule has 0 rings (SSSR count). The Morgan fingerprint density at radius 2 is 2.10 bits per heavy atom. The zero-order valence-corrected chi connectivity index (χ0v) is 8.19. The molecule has 2 nitrogen and oxygen atoms in total. The van der Waals surface area contributed by atoms with E-state index in [2.05, 4.69) is 22.9 Å². The van der Waals surface area contributed by atoms with Gasteiger partial charge in [0, 0.05) is 5.33 Å². The number of hydrogen-bond donors (Lipinski definition) is 0. The molecular formula is C7H15BrO2. The van der Waals surface area contributed by atoms with Gasteiger partial charge in [-0.1, -0.05) is 29.3 Å². The molecule has 0 fully saturated rings. The molecule has 0 aromatic heterocycles. The van der Waals surface area contributed by atoms with Crippen molar-refractivity contribution in [2.45, 2.75) is 32.8 Å². The fourth-order valence-electron chi connectivity index (χ4n) is 0.637. The summed E-state index contributed by atoms with van der Waals surface area (Å²) in [5, 5.41) is 0.848. The second-order valence-corrected chi connectivity index (χ2v) is 2.72. The lowest BCUT2D eigenvalue weighted by atomic mass is 10.2. The summed E-state index contributed by atoms with van der Waals surface area (Å²) in [7, 11) is 0. The molecule has 0 saturated carbocycles. The standard InChI is InChI=1S/C7H15BrO2/c1-3-5-7(6-8)10-9-4-2/h7H,3-6H2,1-2H3. The lowest BCUT2D eigenvalue weighted by Crippen LogP contribution is -2.14. The minimum atomic E-state index is 0.213. The van der Waals surface area contributed by atoms with Crippen molar-refractivity contribution in [3.63, 3.8) is 0 Å². The van der Waals surface area contributed by atoms with Crippen LogP contribution in [-0.2, 0) is 9.78 Å². The van der Waals surface area contributed by atoms with Crippen molar-refractivity contribution in [3.05, 3.63) is 0 Å². The number of hydrogen-bond acceptors (Lipinski definition) is 2. The van der Waals surface area contributed by atoms with Crippen molar-refractivity contribution in [2.75, 3.05) is 11.9 Å². The molecule has 0 aliphatic rings. The molecule has 62 valence electrons. The van der Waals surface area contributed by atoms with Crippen LogP contribution in [0.5, 0.6) is 0 Å². The fraction of sp³-hybridized carbons (Fsp3) is 1.00. The monoisotopic (exact) mass is 210 g/mol. The van der Waals surface area contributed by atoms with Gasteiger partial charge in [-0.25, -0.2) is 9.78 Å². The second-order valence-electron chi connectivity index (χ2n) is 2.07. The summed E-state index contributed by atoms with van der Waals surface area (Å²) in [5.74, 6) is 0. The van der Waals surface area contributed by atoms with Crippen LogP contribution in [0.4, 0.5) is 0 Å². The summed E-state index contributed by atoms with van der Waals surface area (Å²) >= 11 is 3.34. The summed E-state index contributed by atoms with van der Waals surface area (Å²) in [6.45, 7) is 4.66. The molecular weight excluding hydrogens is 196 g/mol. The maximum absolute atomic E-state index is 5.03. The second kappa shape index (κ2) is 7.51. The average Bonchev–Trinajstić information content (AvgIpc) is 1.98. The topological polar surface area (TPSA) is 18.5 Å². The van der Waals surface area contributed by atoms with Gasteiger partial charge >= 0.3 is 0 Å². The fourth-order valence-corrected chi connectivity index (χ4v) is 1.07. The Balaban J connectivity index is 3.21. The van der Waals surface area contributed by atoms with Gasteiger partial charge in [0.1, 0.15) is 6.10 Å². The van der Waals surface area contributed by atoms with Crippen molar-refractivity contribution in [3.8, 4) is 0 Å². The van der Waals surface area contributed by atoms with Gasteiger partial charge in [-0.05, 0) is 13.3 Å². The van der Waals surface area contributed by atoms with Crippen molar-refractivity contribution in [2.24, 2.45) is 0 Å². The van der Waals surface area contributed by atoms with E-state index in [0.29, 0.717) is 6.61 Å². The van der Waals surface area contributed by atoms with E-state index in [4.69, 9.17) is 9.78 Å². The predicted molar refractivity (Wildman–Crippen MR) is 45.2 cm³/mol. The Morgan fingerprint density at radius 1 is 1.40 bits per heavy atom. The molecule has 0 heterocycles. The third kappa shape index (κ3) is 5.21. The smallest absolute Gasteiger partial charge is 0.103 e. The normalized spacial score (nSPS) is 13.5. The van der Waals surface area contributed by atoms with Gasteiger partial charge in [-0.15, -0.1) is 0 Å². The highest BCUT2D eigenvalue weighted by atomic mass is 79.9. The van der Waals surface area contributed by atoms with E-state index < -0.39 is 0 Å². The summed E-state index contributed by atoms with van der Waals surface area (Å²) in [4.78, 5) is 9.84. The van der Waals surface area contributed by atoms with E-state index in [9.17, 15) is 0 Å². The predicted octanol–water partition coefficient (Wildman–Crippen LogP) is 2.52. The van der Waals surface area contributed by atoms with E-state index in [1.165, 1.54) is 0 Å². The molecule has 1 unspecified atom stereocenters. The van der Waals surface area contributed by atoms with Crippen LogP contribution in [0, 0.1) is 0 Å². The Morgan fingerprint density at radius 3 is 2.50 bits per heavy atom. The van der Waals surface area contributed by atoms with Gasteiger partial charge in [0.05, 0.1) is 6.61 Å². The molecule has 3 heteroatoms. The molecule has 0 bridgehead atoms. The van der Waals surface area contributed by atoms with Crippen LogP contribution in [0.15, 0.2) is 0 Å². The first-order chi connectivity index (χ1) is 4.85. The van der Waals surface area contributed by atoms with Crippen molar-refractivity contribution in [1.29, 1.82) is 0 Å². The van der Waals surface area contributed by atoms with E-state index in [0.717, 1.165) is 18.2 Å². The van der Waals surface area contributed by atoms with Crippen LogP contribution in [0.25, 0.3) is 0 Å². The molecule has 0 aliphatic carbocycles. The minimum Gasteiger partial charge on any atom is -0.237 e. The molecule has 0 aliphatic heterocycles. The zero-order chi connectivity index (χ0) is 7.82. The Hall–Kier alpha value is 0.400. The first-order valence-electron chi connectivity index (χ1n) is 3.69. The maximum atomic E-state index is 5.03. The summed E-state index contributed by atoms with van der Waals surface area (Å²) in [6, 6.07) is 0. The van der Waals surface area contributed by atoms with Crippen molar-refractivity contribution >= 4 is 15.9 Å². The quantitative estimate of drug-likeness (QED) is 0.381. The highest BCUT2D eigenvalue weighted by Crippen LogP contribution is 2.05. The van der Waals surface area contributed by atoms with Gasteiger partial charge < -0.3 is 0 Å². The first kappa shape index (κ1) is 10.4. The summed E-state index contributed by atoms with van der Waals surface area (Å²) < 4.78 is 0. The largest absolute Gasteiger partial charge is 0.237 e. The van der Waals surface area contributed by atoms with Crippen molar-refractivity contribution < 1.29 is 9.78 Å². The lowest BCUT2D eigenvalue weighted by molar-refractivity contribution is -0.317. The van der Waals surface area contributed by atoms with Crippen LogP contribution < -0.4 is 0 Å². The van der Waals surface area contributed by atoms with Crippen LogP contribution in [0.1, 0.15) is 26.7 Å². The van der Waals surface area contributed by atoms with Gasteiger partial charge in [-0.3, -0.25) is 0 Å². The molecule has 0 aromatic carbocycles. The van der Waals surface area contributed by atoms with Gasteiger partial charge in [0.2, 0.25) is 0 Å². The first-order valence-corrected chi connectivity index (χ1v) is 4.81. The molecule has 0 aromatic rings. The van der Waals surface area contributed by atoms with E-state index >= 15 is 0 Å². The van der Waals surface area contributed by atoms with Crippen LogP contribution in [-0.4, -0.2) is 18.0 Å². The highest BCUT2D eigenvalue weighted by Gasteiger charge is 2.05. The van der Waals surface area contributed by atoms with Crippen LogP contribution in [0.3, 0.4) is 0 Å². The average molecular weight is 211 g/mol. The third-order valence-corrected chi connectivity index (χ3v) is 1.83. The summed E-state index contributed by atoms with van der Waals surface area (Å²) in [6.07, 6.45) is 2.39. The molecule has 0 saturated heterocycles. The number of alkyl halides is 1. The van der Waals surface area contributed by atoms with Gasteiger partial charge in [0.15, 0.2) is 0 Å². The SMILES string of the molecule is CCCC(CBr)OOCC. The molecule has 0 N–H and O–H groups in total. The van der Waals surface area contributed by atoms with E-state index in [1.807, 2.05) is 6.92 Å². The maximum Gasteiger partial charge on any atom is 0.103 e. The van der Waals surface area contributed by atoms with Crippen LogP contribution in [0.2, 0.25) is 0 Å². The van der Waals surface area contributed by atoms with E-state index in [1.54, 1.807) is 0 Å². The third-order valence-electron chi connectivity index (χ3n) is 1.10. The van der Waals surface area contributed by atoms with Gasteiger partial charge in [-0.2, -0.15) is 0 Å². The zero-order valence-electron chi connectivity index (χ0n) is 6.60. The molecule has 0 amide bonds. The van der Waals surface area contributed by atoms with Crippen molar-refractivity contribution in [1.82, 2.24) is 0 Å². The van der Waals surface area contributed by atoms with E-state index in [-0.39, 0.29) is 6.10 Å². The Bertz CT molecular complexity index is 68.6. The summed E-state index contributed by atoms with van der Waals surface area (Å²) in [5.41, 5.74) is 0. The molecule has 1 atom stereocenters. The Kier molecular flexibility index (Phi) is 7.81. The van der Waals surface area contributed by atoms with Crippen LogP contribution >= 0.6 is 15.9 Å². The lowest BCUT2D eigenvalue weighted by Gasteiger charge is -2.11. The number of halogens is 1. The molecule has 0 spiro atoms. The number of rotatable bonds is 6.